The zero-order valence-corrected chi connectivity index (χ0v) is 72.2. The Labute approximate surface area is 655 Å². The highest BCUT2D eigenvalue weighted by Crippen LogP contribution is 2.54. The Morgan fingerprint density at radius 1 is 0.217 bits per heavy atom. The van der Waals surface area contributed by atoms with Crippen LogP contribution in [0.1, 0.15) is 425 Å². The lowest BCUT2D eigenvalue weighted by Crippen LogP contribution is -2.21. The van der Waals surface area contributed by atoms with E-state index in [0.717, 1.165) is 32.1 Å². The minimum Gasteiger partial charge on any atom is -0.309 e. The van der Waals surface area contributed by atoms with E-state index in [1.165, 1.54) is 363 Å². The molecule has 0 unspecified atom stereocenters. The molecule has 0 spiro atoms. The summed E-state index contributed by atoms with van der Waals surface area (Å²) in [6.45, 7) is 40.9. The smallest absolute Gasteiger partial charge is 0.0620 e. The van der Waals surface area contributed by atoms with E-state index in [-0.39, 0.29) is 21.7 Å². The fraction of sp³-hybridized carbons (Fsp3) is 0.635. The lowest BCUT2D eigenvalue weighted by molar-refractivity contribution is 0.568. The largest absolute Gasteiger partial charge is 0.309 e. The molecule has 2 nitrogen and oxygen atoms in total. The van der Waals surface area contributed by atoms with Crippen molar-refractivity contribution in [3.63, 3.8) is 0 Å². The summed E-state index contributed by atoms with van der Waals surface area (Å²) in [5.74, 6) is 0. The summed E-state index contributed by atoms with van der Waals surface area (Å²) < 4.78 is 0. The average molecular weight is 1440 g/mol. The molecule has 7 aromatic carbocycles. The van der Waals surface area contributed by atoms with Crippen LogP contribution in [0.5, 0.6) is 0 Å². The third kappa shape index (κ3) is 28.5. The van der Waals surface area contributed by atoms with Gasteiger partial charge in [0.2, 0.25) is 0 Å². The van der Waals surface area contributed by atoms with Crippen LogP contribution < -0.4 is 9.80 Å². The van der Waals surface area contributed by atoms with E-state index < -0.39 is 0 Å². The third-order valence-corrected chi connectivity index (χ3v) is 23.6. The fourth-order valence-electron chi connectivity index (χ4n) is 16.5. The van der Waals surface area contributed by atoms with Crippen molar-refractivity contribution in [2.45, 2.75) is 428 Å². The minimum absolute atomic E-state index is 0.0794. The Morgan fingerprint density at radius 3 is 0.840 bits per heavy atom. The summed E-state index contributed by atoms with van der Waals surface area (Å²) in [7, 11) is 0. The van der Waals surface area contributed by atoms with Gasteiger partial charge in [0.05, 0.1) is 11.4 Å². The molecule has 0 fully saturated rings. The first-order valence-electron chi connectivity index (χ1n) is 45.1. The average Bonchev–Trinajstić information content (AvgIpc) is 0.714. The van der Waals surface area contributed by atoms with E-state index in [2.05, 4.69) is 243 Å². The first-order valence-corrected chi connectivity index (χ1v) is 45.1. The molecule has 0 aliphatic carbocycles. The molecule has 0 amide bonds. The van der Waals surface area contributed by atoms with Crippen LogP contribution in [0.3, 0.4) is 0 Å². The molecule has 2 heteroatoms. The van der Waals surface area contributed by atoms with Crippen LogP contribution in [0.4, 0.5) is 34.1 Å². The number of fused-ring (bicyclic) bond motifs is 2. The molecular formula is C104H160N2. The van der Waals surface area contributed by atoms with Gasteiger partial charge in [0.15, 0.2) is 0 Å². The first-order chi connectivity index (χ1) is 51.0. The molecule has 106 heavy (non-hydrogen) atoms. The number of anilines is 6. The van der Waals surface area contributed by atoms with Gasteiger partial charge in [-0.3, -0.25) is 0 Å². The monoisotopic (exact) mass is 1440 g/mol. The van der Waals surface area contributed by atoms with Gasteiger partial charge >= 0.3 is 0 Å². The highest BCUT2D eigenvalue weighted by molar-refractivity contribution is 6.23. The topological polar surface area (TPSA) is 6.48 Å². The predicted molar refractivity (Wildman–Crippen MR) is 477 cm³/mol. The SMILES string of the molecule is CCCCCCCCCCc1cc(CCCCCCCCCC)cc(N(c2cc(C(C)(C)C)cc(C(C)(C)C)c2)c2c3ccccc3c(N(c3cc(C(C)(C)C)cc(C(C)(C)C)c3)c3ccc(CCCCCCCCCC)cc3CCCCCCCCCC)c3cc(CCCCCCCCCC)ccc23)c1. The normalized spacial score (nSPS) is 12.4. The molecule has 586 valence electrons. The van der Waals surface area contributed by atoms with Crippen LogP contribution >= 0.6 is 0 Å². The van der Waals surface area contributed by atoms with Crippen molar-refractivity contribution in [2.24, 2.45) is 0 Å². The Hall–Kier alpha value is -5.34. The van der Waals surface area contributed by atoms with Crippen molar-refractivity contribution in [2.75, 3.05) is 9.80 Å². The number of hydrogen-bond donors (Lipinski definition) is 0. The van der Waals surface area contributed by atoms with Crippen LogP contribution in [-0.2, 0) is 53.8 Å². The van der Waals surface area contributed by atoms with Gasteiger partial charge in [0.1, 0.15) is 0 Å². The molecule has 0 aliphatic heterocycles. The maximum absolute atomic E-state index is 2.85. The van der Waals surface area contributed by atoms with Gasteiger partial charge in [-0.15, -0.1) is 0 Å². The van der Waals surface area contributed by atoms with Crippen LogP contribution in [0.15, 0.2) is 115 Å². The van der Waals surface area contributed by atoms with Crippen molar-refractivity contribution in [1.82, 2.24) is 0 Å². The number of aryl methyl sites for hydroxylation is 5. The lowest BCUT2D eigenvalue weighted by atomic mass is 9.80. The van der Waals surface area contributed by atoms with Crippen LogP contribution in [0.25, 0.3) is 21.5 Å². The van der Waals surface area contributed by atoms with E-state index in [1.54, 1.807) is 0 Å². The number of benzene rings is 7. The van der Waals surface area contributed by atoms with Crippen molar-refractivity contribution >= 4 is 55.7 Å². The standard InChI is InChI=1S/C104H160N2/c1-18-23-28-33-38-43-48-53-60-82-68-70-98(86(72-82)64-57-52-47-42-37-32-27-22-5)106(93-80-89(103(12,13)14)77-90(81-93)104(15,16)17)100-95-66-59-58-65-94(95)99(96-69-67-83(75-97(96)100)61-54-49-44-39-34-29-24-19-2)105(92-78-87(101(6,7)8)76-88(79-92)102(9,10)11)91-73-84(62-55-50-45-40-35-30-25-20-3)71-85(74-91)63-56-51-46-41-36-31-26-21-4/h58-59,65-81H,18-57,60-64H2,1-17H3. The summed E-state index contributed by atoms with van der Waals surface area (Å²) in [5.41, 5.74) is 20.6. The molecule has 0 saturated heterocycles. The first kappa shape index (κ1) is 87.9. The summed E-state index contributed by atoms with van der Waals surface area (Å²) >= 11 is 0. The molecule has 0 aromatic heterocycles. The minimum atomic E-state index is -0.0808. The number of unbranched alkanes of at least 4 members (excludes halogenated alkanes) is 35. The van der Waals surface area contributed by atoms with Crippen molar-refractivity contribution in [3.05, 3.63) is 165 Å². The van der Waals surface area contributed by atoms with Gasteiger partial charge in [0.25, 0.3) is 0 Å². The maximum atomic E-state index is 2.85. The summed E-state index contributed by atoms with van der Waals surface area (Å²) in [6, 6.07) is 49.1. The van der Waals surface area contributed by atoms with Gasteiger partial charge in [0, 0.05) is 44.3 Å². The van der Waals surface area contributed by atoms with Gasteiger partial charge in [-0.2, -0.15) is 0 Å². The number of nitrogens with zero attached hydrogens (tertiary/aromatic N) is 2. The highest BCUT2D eigenvalue weighted by atomic mass is 15.2. The number of hydrogen-bond acceptors (Lipinski definition) is 2. The molecule has 0 atom stereocenters. The number of rotatable bonds is 51. The summed E-state index contributed by atoms with van der Waals surface area (Å²) in [4.78, 5) is 5.68. The van der Waals surface area contributed by atoms with Crippen LogP contribution in [0.2, 0.25) is 0 Å². The van der Waals surface area contributed by atoms with Crippen molar-refractivity contribution in [3.8, 4) is 0 Å². The second-order valence-corrected chi connectivity index (χ2v) is 37.4. The third-order valence-electron chi connectivity index (χ3n) is 23.6. The molecule has 7 aromatic rings. The van der Waals surface area contributed by atoms with E-state index in [4.69, 9.17) is 0 Å². The van der Waals surface area contributed by atoms with E-state index >= 15 is 0 Å². The van der Waals surface area contributed by atoms with Crippen molar-refractivity contribution in [1.29, 1.82) is 0 Å². The van der Waals surface area contributed by atoms with Crippen LogP contribution in [0, 0.1) is 0 Å². The molecule has 0 bridgehead atoms. The van der Waals surface area contributed by atoms with Gasteiger partial charge in [-0.1, -0.05) is 409 Å². The van der Waals surface area contributed by atoms with Crippen molar-refractivity contribution < 1.29 is 0 Å². The maximum Gasteiger partial charge on any atom is 0.0620 e. The molecule has 0 N–H and O–H groups in total. The Kier molecular flexibility index (Phi) is 37.9. The second kappa shape index (κ2) is 45.7. The molecule has 0 radical (unpaired) electrons. The van der Waals surface area contributed by atoms with E-state index in [0.29, 0.717) is 0 Å². The Bertz CT molecular complexity index is 3510. The second-order valence-electron chi connectivity index (χ2n) is 37.4. The molecule has 7 rings (SSSR count). The van der Waals surface area contributed by atoms with Gasteiger partial charge < -0.3 is 9.80 Å². The van der Waals surface area contributed by atoms with E-state index in [9.17, 15) is 0 Å². The molecule has 0 saturated carbocycles. The molecule has 0 aliphatic rings. The lowest BCUT2D eigenvalue weighted by Gasteiger charge is -2.36. The van der Waals surface area contributed by atoms with E-state index in [1.807, 2.05) is 0 Å². The van der Waals surface area contributed by atoms with Gasteiger partial charge in [-0.05, 0) is 184 Å². The zero-order chi connectivity index (χ0) is 76.4. The quantitative estimate of drug-likeness (QED) is 0.0213. The molecule has 0 heterocycles. The Balaban J connectivity index is 1.59. The Morgan fingerprint density at radius 2 is 0.491 bits per heavy atom. The van der Waals surface area contributed by atoms with Gasteiger partial charge in [-0.25, -0.2) is 0 Å². The summed E-state index contributed by atoms with van der Waals surface area (Å²) in [6.07, 6.45) is 58.6. The highest BCUT2D eigenvalue weighted by Gasteiger charge is 2.32. The van der Waals surface area contributed by atoms with Crippen LogP contribution in [-0.4, -0.2) is 0 Å². The predicted octanol–water partition coefficient (Wildman–Crippen LogP) is 34.5. The molecular weight excluding hydrogens is 1280 g/mol. The summed E-state index contributed by atoms with van der Waals surface area (Å²) in [5, 5.41) is 5.30. The fourth-order valence-corrected chi connectivity index (χ4v) is 16.5. The zero-order valence-electron chi connectivity index (χ0n) is 72.2.